The highest BCUT2D eigenvalue weighted by atomic mass is 14.7. The van der Waals surface area contributed by atoms with E-state index in [9.17, 15) is 0 Å². The van der Waals surface area contributed by atoms with E-state index in [0.29, 0.717) is 0 Å². The fourth-order valence-corrected chi connectivity index (χ4v) is 3.48. The predicted octanol–water partition coefficient (Wildman–Crippen LogP) is 3.32. The van der Waals surface area contributed by atoms with Gasteiger partial charge >= 0.3 is 0 Å². The molecule has 5 atom stereocenters. The van der Waals surface area contributed by atoms with E-state index in [1.165, 1.54) is 12.8 Å². The monoisotopic (exact) mass is 152 g/mol. The van der Waals surface area contributed by atoms with Crippen molar-refractivity contribution in [2.75, 3.05) is 0 Å². The second kappa shape index (κ2) is 2.02. The summed E-state index contributed by atoms with van der Waals surface area (Å²) >= 11 is 0. The van der Waals surface area contributed by atoms with E-state index >= 15 is 0 Å². The first-order chi connectivity index (χ1) is 5.08. The average Bonchev–Trinajstić information content (AvgIpc) is 2.50. The van der Waals surface area contributed by atoms with Gasteiger partial charge in [-0.1, -0.05) is 34.1 Å². The molecule has 0 aliphatic heterocycles. The first-order valence-corrected chi connectivity index (χ1v) is 5.08. The van der Waals surface area contributed by atoms with Crippen molar-refractivity contribution >= 4 is 0 Å². The first-order valence-electron chi connectivity index (χ1n) is 5.08. The zero-order chi connectivity index (χ0) is 8.22. The zero-order valence-corrected chi connectivity index (χ0v) is 8.22. The molecule has 0 N–H and O–H groups in total. The molecule has 0 heteroatoms. The highest BCUT2D eigenvalue weighted by Gasteiger charge is 2.63. The highest BCUT2D eigenvalue weighted by molar-refractivity contribution is 5.11. The van der Waals surface area contributed by atoms with Gasteiger partial charge in [-0.2, -0.15) is 0 Å². The van der Waals surface area contributed by atoms with Crippen LogP contribution in [0.15, 0.2) is 0 Å². The Balaban J connectivity index is 2.18. The lowest BCUT2D eigenvalue weighted by atomic mass is 9.73. The zero-order valence-electron chi connectivity index (χ0n) is 8.22. The van der Waals surface area contributed by atoms with Crippen molar-refractivity contribution in [1.29, 1.82) is 0 Å². The lowest BCUT2D eigenvalue weighted by Gasteiger charge is -2.32. The second-order valence-corrected chi connectivity index (χ2v) is 5.10. The molecule has 11 heavy (non-hydrogen) atoms. The van der Waals surface area contributed by atoms with Crippen molar-refractivity contribution in [3.63, 3.8) is 0 Å². The van der Waals surface area contributed by atoms with Gasteiger partial charge < -0.3 is 0 Å². The quantitative estimate of drug-likeness (QED) is 0.499. The Morgan fingerprint density at radius 1 is 1.00 bits per heavy atom. The lowest BCUT2D eigenvalue weighted by Crippen LogP contribution is -2.24. The summed E-state index contributed by atoms with van der Waals surface area (Å²) in [5.74, 6) is 4.04. The number of hydrogen-bond acceptors (Lipinski definition) is 0. The molecular weight excluding hydrogens is 132 g/mol. The Kier molecular flexibility index (Phi) is 1.41. The molecule has 0 saturated heterocycles. The van der Waals surface area contributed by atoms with Gasteiger partial charge in [0.05, 0.1) is 0 Å². The largest absolute Gasteiger partial charge is 0.0622 e. The molecule has 0 bridgehead atoms. The Morgan fingerprint density at radius 2 is 1.64 bits per heavy atom. The molecular formula is C11H20. The molecule has 0 heterocycles. The fraction of sp³-hybridized carbons (Fsp3) is 1.00. The number of hydrogen-bond donors (Lipinski definition) is 0. The molecule has 64 valence electrons. The average molecular weight is 152 g/mol. The molecule has 4 unspecified atom stereocenters. The molecule has 0 aromatic rings. The van der Waals surface area contributed by atoms with E-state index in [0.717, 1.165) is 29.1 Å². The Morgan fingerprint density at radius 3 is 2.18 bits per heavy atom. The molecule has 0 radical (unpaired) electrons. The first kappa shape index (κ1) is 7.64. The smallest absolute Gasteiger partial charge is 0.0238 e. The van der Waals surface area contributed by atoms with Crippen LogP contribution in [0.25, 0.3) is 0 Å². The third-order valence-corrected chi connectivity index (χ3v) is 5.04. The number of rotatable bonds is 0. The van der Waals surface area contributed by atoms with Crippen LogP contribution in [0.2, 0.25) is 0 Å². The van der Waals surface area contributed by atoms with Crippen LogP contribution in [-0.2, 0) is 0 Å². The third-order valence-electron chi connectivity index (χ3n) is 5.04. The summed E-state index contributed by atoms with van der Waals surface area (Å²) in [7, 11) is 0. The van der Waals surface area contributed by atoms with E-state index in [-0.39, 0.29) is 0 Å². The van der Waals surface area contributed by atoms with E-state index in [2.05, 4.69) is 27.7 Å². The summed E-state index contributed by atoms with van der Waals surface area (Å²) in [4.78, 5) is 0. The van der Waals surface area contributed by atoms with Crippen LogP contribution >= 0.6 is 0 Å². The van der Waals surface area contributed by atoms with Gasteiger partial charge in [0.25, 0.3) is 0 Å². The van der Waals surface area contributed by atoms with Gasteiger partial charge in [0.1, 0.15) is 0 Å². The van der Waals surface area contributed by atoms with Crippen LogP contribution in [-0.4, -0.2) is 0 Å². The fourth-order valence-electron chi connectivity index (χ4n) is 3.48. The molecule has 2 fully saturated rings. The maximum atomic E-state index is 2.50. The van der Waals surface area contributed by atoms with E-state index in [1.54, 1.807) is 0 Å². The van der Waals surface area contributed by atoms with Crippen LogP contribution in [0.3, 0.4) is 0 Å². The van der Waals surface area contributed by atoms with Crippen molar-refractivity contribution in [3.8, 4) is 0 Å². The SMILES string of the molecule is CC1C2CC[C@@H](C)C(C)C12C. The van der Waals surface area contributed by atoms with Gasteiger partial charge in [-0.25, -0.2) is 0 Å². The van der Waals surface area contributed by atoms with E-state index in [1.807, 2.05) is 0 Å². The van der Waals surface area contributed by atoms with Gasteiger partial charge in [0.15, 0.2) is 0 Å². The highest BCUT2D eigenvalue weighted by Crippen LogP contribution is 2.69. The van der Waals surface area contributed by atoms with Crippen molar-refractivity contribution in [2.24, 2.45) is 29.1 Å². The standard InChI is InChI=1S/C11H20/c1-7-5-6-10-9(3)11(10,4)8(7)2/h7-10H,5-6H2,1-4H3/t7-,8?,9?,10?,11?/m1/s1. The van der Waals surface area contributed by atoms with Gasteiger partial charge in [0.2, 0.25) is 0 Å². The molecule has 0 nitrogen and oxygen atoms in total. The summed E-state index contributed by atoms with van der Waals surface area (Å²) < 4.78 is 0. The Hall–Kier alpha value is 0. The molecule has 2 rings (SSSR count). The topological polar surface area (TPSA) is 0 Å². The lowest BCUT2D eigenvalue weighted by molar-refractivity contribution is 0.176. The number of fused-ring (bicyclic) bond motifs is 1. The van der Waals surface area contributed by atoms with Crippen molar-refractivity contribution in [3.05, 3.63) is 0 Å². The molecule has 2 saturated carbocycles. The van der Waals surface area contributed by atoms with Crippen LogP contribution in [0.1, 0.15) is 40.5 Å². The summed E-state index contributed by atoms with van der Waals surface area (Å²) in [6.07, 6.45) is 2.98. The summed E-state index contributed by atoms with van der Waals surface area (Å²) in [5.41, 5.74) is 0.734. The van der Waals surface area contributed by atoms with Crippen molar-refractivity contribution in [1.82, 2.24) is 0 Å². The minimum Gasteiger partial charge on any atom is -0.0622 e. The van der Waals surface area contributed by atoms with Gasteiger partial charge in [-0.3, -0.25) is 0 Å². The maximum Gasteiger partial charge on any atom is -0.0238 e. The van der Waals surface area contributed by atoms with Crippen LogP contribution in [0.5, 0.6) is 0 Å². The molecule has 0 spiro atoms. The van der Waals surface area contributed by atoms with Crippen molar-refractivity contribution in [2.45, 2.75) is 40.5 Å². The predicted molar refractivity (Wildman–Crippen MR) is 48.3 cm³/mol. The summed E-state index contributed by atoms with van der Waals surface area (Å²) in [6, 6.07) is 0. The van der Waals surface area contributed by atoms with Crippen LogP contribution in [0, 0.1) is 29.1 Å². The maximum absolute atomic E-state index is 2.50. The molecule has 2 aliphatic rings. The molecule has 2 aliphatic carbocycles. The van der Waals surface area contributed by atoms with Gasteiger partial charge in [-0.05, 0) is 35.5 Å². The Bertz CT molecular complexity index is 173. The van der Waals surface area contributed by atoms with E-state index in [4.69, 9.17) is 0 Å². The third kappa shape index (κ3) is 0.761. The van der Waals surface area contributed by atoms with Crippen LogP contribution in [0.4, 0.5) is 0 Å². The Labute approximate surface area is 70.4 Å². The minimum atomic E-state index is 0.734. The minimum absolute atomic E-state index is 0.734. The summed E-state index contributed by atoms with van der Waals surface area (Å²) in [5, 5.41) is 0. The molecule has 0 amide bonds. The summed E-state index contributed by atoms with van der Waals surface area (Å²) in [6.45, 7) is 9.83. The van der Waals surface area contributed by atoms with Gasteiger partial charge in [-0.15, -0.1) is 0 Å². The molecule has 0 aromatic heterocycles. The van der Waals surface area contributed by atoms with E-state index < -0.39 is 0 Å². The normalized spacial score (nSPS) is 62.2. The van der Waals surface area contributed by atoms with Crippen molar-refractivity contribution < 1.29 is 0 Å². The van der Waals surface area contributed by atoms with Gasteiger partial charge in [0, 0.05) is 0 Å². The van der Waals surface area contributed by atoms with Crippen LogP contribution < -0.4 is 0 Å². The molecule has 0 aromatic carbocycles. The second-order valence-electron chi connectivity index (χ2n) is 5.10.